The summed E-state index contributed by atoms with van der Waals surface area (Å²) in [5.41, 5.74) is 0. The summed E-state index contributed by atoms with van der Waals surface area (Å²) < 4.78 is 35.9. The van der Waals surface area contributed by atoms with Crippen molar-refractivity contribution in [3.8, 4) is 0 Å². The molecule has 0 rings (SSSR count). The van der Waals surface area contributed by atoms with Crippen LogP contribution in [-0.2, 0) is 26.6 Å². The normalized spacial score (nSPS) is 16.3. The molecule has 0 saturated carbocycles. The highest BCUT2D eigenvalue weighted by atomic mass is 32.2. The highest BCUT2D eigenvalue weighted by Crippen LogP contribution is 2.28. The third-order valence-corrected chi connectivity index (χ3v) is 16.5. The molecule has 0 amide bonds. The first-order valence-corrected chi connectivity index (χ1v) is 19.7. The van der Waals surface area contributed by atoms with E-state index in [1.807, 2.05) is 53.3 Å². The van der Waals surface area contributed by atoms with Crippen molar-refractivity contribution in [2.75, 3.05) is 51.1 Å². The zero-order valence-corrected chi connectivity index (χ0v) is 28.8. The molecule has 212 valence electrons. The summed E-state index contributed by atoms with van der Waals surface area (Å²) in [5.74, 6) is 1.90. The Bertz CT molecular complexity index is 439. The van der Waals surface area contributed by atoms with Crippen LogP contribution in [0.1, 0.15) is 67.2 Å². The molecule has 4 atom stereocenters. The van der Waals surface area contributed by atoms with Crippen molar-refractivity contribution in [3.05, 3.63) is 0 Å². The summed E-state index contributed by atoms with van der Waals surface area (Å²) in [4.78, 5) is -0.116. The standard InChI is InChI=1S/C22H50O6S5Si2/c1-7-23-34(24-8-2,25-9-3)21(31)15-13-19(29)17-33-18-20(30)14-16-22(32)35(26-10-4,27-11-5)28-12-6/h19-22,29-32H,7-18H2,1-6H3. The fourth-order valence-electron chi connectivity index (χ4n) is 3.60. The van der Waals surface area contributed by atoms with Gasteiger partial charge in [0.15, 0.2) is 0 Å². The molecule has 0 heterocycles. The van der Waals surface area contributed by atoms with Gasteiger partial charge in [0.25, 0.3) is 0 Å². The van der Waals surface area contributed by atoms with Gasteiger partial charge >= 0.3 is 17.6 Å². The van der Waals surface area contributed by atoms with E-state index in [0.29, 0.717) is 39.6 Å². The Labute approximate surface area is 243 Å². The summed E-state index contributed by atoms with van der Waals surface area (Å²) >= 11 is 21.2. The Morgan fingerprint density at radius 3 is 0.971 bits per heavy atom. The third-order valence-electron chi connectivity index (χ3n) is 5.06. The van der Waals surface area contributed by atoms with Crippen molar-refractivity contribution in [1.82, 2.24) is 0 Å². The smallest absolute Gasteiger partial charge is 0.373 e. The van der Waals surface area contributed by atoms with Gasteiger partial charge in [-0.3, -0.25) is 0 Å². The molecule has 35 heavy (non-hydrogen) atoms. The monoisotopic (exact) mass is 626 g/mol. The second kappa shape index (κ2) is 21.7. The molecule has 0 aromatic heterocycles. The van der Waals surface area contributed by atoms with E-state index in [9.17, 15) is 0 Å². The molecule has 0 aliphatic rings. The van der Waals surface area contributed by atoms with Crippen molar-refractivity contribution in [2.24, 2.45) is 0 Å². The van der Waals surface area contributed by atoms with Crippen LogP contribution in [0.4, 0.5) is 0 Å². The first kappa shape index (κ1) is 36.9. The summed E-state index contributed by atoms with van der Waals surface area (Å²) in [6.45, 7) is 15.2. The van der Waals surface area contributed by atoms with Crippen LogP contribution in [0.3, 0.4) is 0 Å². The average Bonchev–Trinajstić information content (AvgIpc) is 2.81. The molecule has 0 aromatic carbocycles. The largest absolute Gasteiger partial charge is 0.514 e. The van der Waals surface area contributed by atoms with E-state index in [-0.39, 0.29) is 20.2 Å². The maximum Gasteiger partial charge on any atom is 0.514 e. The molecule has 0 aliphatic heterocycles. The molecule has 6 nitrogen and oxygen atoms in total. The van der Waals surface area contributed by atoms with Gasteiger partial charge in [-0.2, -0.15) is 62.3 Å². The van der Waals surface area contributed by atoms with Gasteiger partial charge in [-0.15, -0.1) is 0 Å². The predicted molar refractivity (Wildman–Crippen MR) is 168 cm³/mol. The van der Waals surface area contributed by atoms with E-state index in [2.05, 4.69) is 0 Å². The van der Waals surface area contributed by atoms with Gasteiger partial charge in [0.2, 0.25) is 0 Å². The van der Waals surface area contributed by atoms with Crippen LogP contribution in [0, 0.1) is 0 Å². The van der Waals surface area contributed by atoms with Crippen molar-refractivity contribution in [2.45, 2.75) is 87.5 Å². The van der Waals surface area contributed by atoms with E-state index in [1.54, 1.807) is 0 Å². The molecule has 0 aliphatic carbocycles. The molecular weight excluding hydrogens is 577 g/mol. The Morgan fingerprint density at radius 2 is 0.743 bits per heavy atom. The molecule has 0 aromatic rings. The van der Waals surface area contributed by atoms with E-state index in [1.165, 1.54) is 0 Å². The van der Waals surface area contributed by atoms with Gasteiger partial charge in [-0.05, 0) is 67.2 Å². The first-order valence-electron chi connectivity index (χ1n) is 12.8. The van der Waals surface area contributed by atoms with Gasteiger partial charge in [-0.25, -0.2) is 0 Å². The molecule has 0 bridgehead atoms. The van der Waals surface area contributed by atoms with Gasteiger partial charge in [-0.1, -0.05) is 0 Å². The highest BCUT2D eigenvalue weighted by molar-refractivity contribution is 8.00. The Kier molecular flexibility index (Phi) is 22.9. The Hall–Kier alpha value is 1.94. The number of thiol groups is 4. The molecule has 0 N–H and O–H groups in total. The lowest BCUT2D eigenvalue weighted by molar-refractivity contribution is 0.0681. The molecule has 13 heteroatoms. The minimum absolute atomic E-state index is 0.0580. The van der Waals surface area contributed by atoms with Crippen molar-refractivity contribution >= 4 is 79.9 Å². The van der Waals surface area contributed by atoms with Crippen LogP contribution >= 0.6 is 62.3 Å². The molecule has 0 spiro atoms. The molecule has 4 unspecified atom stereocenters. The minimum atomic E-state index is -2.79. The number of rotatable bonds is 24. The van der Waals surface area contributed by atoms with Gasteiger partial charge < -0.3 is 26.6 Å². The minimum Gasteiger partial charge on any atom is -0.373 e. The number of hydrogen-bond donors (Lipinski definition) is 4. The summed E-state index contributed by atoms with van der Waals surface area (Å²) in [5, 5.41) is 0.525. The lowest BCUT2D eigenvalue weighted by Gasteiger charge is -2.33. The predicted octanol–water partition coefficient (Wildman–Crippen LogP) is 5.65. The lowest BCUT2D eigenvalue weighted by atomic mass is 10.3. The van der Waals surface area contributed by atoms with Crippen molar-refractivity contribution in [1.29, 1.82) is 0 Å². The maximum atomic E-state index is 5.98. The molecule has 0 radical (unpaired) electrons. The van der Waals surface area contributed by atoms with Crippen LogP contribution in [0.15, 0.2) is 0 Å². The van der Waals surface area contributed by atoms with Crippen LogP contribution in [-0.4, -0.2) is 89.0 Å². The maximum absolute atomic E-state index is 5.98. The fraction of sp³-hybridized carbons (Fsp3) is 1.00. The number of thioether (sulfide) groups is 1. The first-order chi connectivity index (χ1) is 16.7. The van der Waals surface area contributed by atoms with Crippen LogP contribution < -0.4 is 0 Å². The average molecular weight is 627 g/mol. The van der Waals surface area contributed by atoms with E-state index in [4.69, 9.17) is 77.1 Å². The fourth-order valence-corrected chi connectivity index (χ4v) is 12.3. The van der Waals surface area contributed by atoms with Gasteiger partial charge in [0.05, 0.1) is 9.75 Å². The lowest BCUT2D eigenvalue weighted by Crippen LogP contribution is -2.54. The van der Waals surface area contributed by atoms with Crippen molar-refractivity contribution in [3.63, 3.8) is 0 Å². The zero-order valence-electron chi connectivity index (χ0n) is 22.4. The molecule has 0 saturated heterocycles. The molecule has 0 fully saturated rings. The Balaban J connectivity index is 4.54. The molecular formula is C22H50O6S5Si2. The van der Waals surface area contributed by atoms with Crippen LogP contribution in [0.5, 0.6) is 0 Å². The highest BCUT2D eigenvalue weighted by Gasteiger charge is 2.48. The zero-order chi connectivity index (χ0) is 26.7. The second-order valence-corrected chi connectivity index (χ2v) is 18.1. The topological polar surface area (TPSA) is 55.4 Å². The number of hydrogen-bond acceptors (Lipinski definition) is 11. The second-order valence-electron chi connectivity index (χ2n) is 7.84. The summed E-state index contributed by atoms with van der Waals surface area (Å²) in [6, 6.07) is 0. The van der Waals surface area contributed by atoms with Crippen LogP contribution in [0.2, 0.25) is 0 Å². The van der Waals surface area contributed by atoms with Gasteiger partial charge in [0.1, 0.15) is 0 Å². The Morgan fingerprint density at radius 1 is 0.486 bits per heavy atom. The van der Waals surface area contributed by atoms with E-state index >= 15 is 0 Å². The van der Waals surface area contributed by atoms with E-state index < -0.39 is 17.6 Å². The van der Waals surface area contributed by atoms with E-state index in [0.717, 1.165) is 37.2 Å². The quantitative estimate of drug-likeness (QED) is 0.0817. The summed E-state index contributed by atoms with van der Waals surface area (Å²) in [7, 11) is -5.59. The van der Waals surface area contributed by atoms with Crippen LogP contribution in [0.25, 0.3) is 0 Å². The SMILES string of the molecule is CCO[Si](OCC)(OCC)C(S)CCC(S)CSCC(S)CCC(S)[Si](OCC)(OCC)OCC. The summed E-state index contributed by atoms with van der Waals surface area (Å²) in [6.07, 6.45) is 3.53. The van der Waals surface area contributed by atoms with Crippen molar-refractivity contribution < 1.29 is 26.6 Å². The van der Waals surface area contributed by atoms with Gasteiger partial charge in [0, 0.05) is 61.6 Å². The third kappa shape index (κ3) is 14.2.